The van der Waals surface area contributed by atoms with Gasteiger partial charge in [0.25, 0.3) is 0 Å². The van der Waals surface area contributed by atoms with Gasteiger partial charge in [0, 0.05) is 35.2 Å². The number of piperidine rings is 1. The van der Waals surface area contributed by atoms with Gasteiger partial charge < -0.3 is 10.1 Å². The molecule has 2 fully saturated rings. The van der Waals surface area contributed by atoms with E-state index in [1.807, 2.05) is 25.3 Å². The Labute approximate surface area is 189 Å². The fraction of sp³-hybridized carbons (Fsp3) is 0.393. The molecule has 0 radical (unpaired) electrons. The number of aromatic nitrogens is 1. The van der Waals surface area contributed by atoms with Gasteiger partial charge in [0.15, 0.2) is 0 Å². The highest BCUT2D eigenvalue weighted by atomic mass is 16.4. The largest absolute Gasteiger partial charge is 0.478 e. The lowest BCUT2D eigenvalue weighted by Crippen LogP contribution is -2.37. The molecule has 5 rings (SSSR count). The molecule has 1 saturated carbocycles. The average molecular weight is 427 g/mol. The van der Waals surface area contributed by atoms with Crippen LogP contribution < -0.4 is 0 Å². The molecule has 4 nitrogen and oxygen atoms in total. The summed E-state index contributed by atoms with van der Waals surface area (Å²) in [5, 5.41) is 10.6. The van der Waals surface area contributed by atoms with Gasteiger partial charge in [-0.2, -0.15) is 0 Å². The Morgan fingerprint density at radius 2 is 1.94 bits per heavy atom. The number of benzene rings is 2. The van der Waals surface area contributed by atoms with E-state index >= 15 is 0 Å². The third kappa shape index (κ3) is 3.94. The van der Waals surface area contributed by atoms with Gasteiger partial charge in [-0.25, -0.2) is 4.79 Å². The van der Waals surface area contributed by atoms with Crippen molar-refractivity contribution in [3.05, 3.63) is 70.4 Å². The van der Waals surface area contributed by atoms with Crippen molar-refractivity contribution in [3.8, 4) is 11.8 Å². The first-order chi connectivity index (χ1) is 15.5. The van der Waals surface area contributed by atoms with Crippen LogP contribution in [-0.2, 0) is 6.54 Å². The Bertz CT molecular complexity index is 1210. The number of aromatic amines is 1. The summed E-state index contributed by atoms with van der Waals surface area (Å²) in [6.07, 6.45) is 7.14. The van der Waals surface area contributed by atoms with Crippen molar-refractivity contribution in [1.29, 1.82) is 0 Å². The van der Waals surface area contributed by atoms with Crippen molar-refractivity contribution in [2.24, 2.45) is 11.8 Å². The second-order valence-corrected chi connectivity index (χ2v) is 9.40. The minimum absolute atomic E-state index is 0.301. The maximum Gasteiger partial charge on any atom is 0.335 e. The summed E-state index contributed by atoms with van der Waals surface area (Å²) in [5.74, 6) is 7.23. The highest BCUT2D eigenvalue weighted by Crippen LogP contribution is 2.47. The molecule has 0 unspecified atom stereocenters. The van der Waals surface area contributed by atoms with E-state index in [1.165, 1.54) is 46.9 Å². The molecule has 0 amide bonds. The molecule has 1 aliphatic carbocycles. The van der Waals surface area contributed by atoms with Crippen LogP contribution in [0.3, 0.4) is 0 Å². The monoisotopic (exact) mass is 426 g/mol. The number of nitrogens with zero attached hydrogens (tertiary/aromatic N) is 1. The summed E-state index contributed by atoms with van der Waals surface area (Å²) >= 11 is 0. The first-order valence-corrected chi connectivity index (χ1v) is 11.6. The van der Waals surface area contributed by atoms with Crippen molar-refractivity contribution in [1.82, 2.24) is 9.88 Å². The zero-order valence-electron chi connectivity index (χ0n) is 18.8. The molecule has 3 aromatic rings. The number of aryl methyl sites for hydroxylation is 1. The lowest BCUT2D eigenvalue weighted by atomic mass is 9.83. The van der Waals surface area contributed by atoms with Crippen LogP contribution in [0, 0.1) is 30.6 Å². The van der Waals surface area contributed by atoms with Gasteiger partial charge in [-0.05, 0) is 98.9 Å². The first-order valence-electron chi connectivity index (χ1n) is 11.6. The summed E-state index contributed by atoms with van der Waals surface area (Å²) in [7, 11) is 0. The molecule has 2 aliphatic rings. The molecule has 2 N–H and O–H groups in total. The number of hydrogen-bond donors (Lipinski definition) is 2. The lowest BCUT2D eigenvalue weighted by molar-refractivity contribution is 0.0696. The Balaban J connectivity index is 1.51. The van der Waals surface area contributed by atoms with Crippen LogP contribution in [0.15, 0.2) is 42.6 Å². The highest BCUT2D eigenvalue weighted by Gasteiger charge is 2.38. The van der Waals surface area contributed by atoms with Crippen molar-refractivity contribution in [3.63, 3.8) is 0 Å². The van der Waals surface area contributed by atoms with Crippen molar-refractivity contribution < 1.29 is 9.90 Å². The van der Waals surface area contributed by atoms with E-state index in [2.05, 4.69) is 40.8 Å². The van der Waals surface area contributed by atoms with Gasteiger partial charge >= 0.3 is 5.97 Å². The average Bonchev–Trinajstić information content (AvgIpc) is 3.52. The summed E-state index contributed by atoms with van der Waals surface area (Å²) in [6, 6.07) is 12.2. The number of rotatable bonds is 5. The van der Waals surface area contributed by atoms with Crippen LogP contribution >= 0.6 is 0 Å². The molecule has 4 heteroatoms. The normalized spacial score (nSPS) is 21.3. The number of carboxylic acids is 1. The van der Waals surface area contributed by atoms with Crippen LogP contribution in [0.25, 0.3) is 10.9 Å². The fourth-order valence-corrected chi connectivity index (χ4v) is 5.51. The third-order valence-corrected chi connectivity index (χ3v) is 7.36. The van der Waals surface area contributed by atoms with Gasteiger partial charge in [-0.3, -0.25) is 4.90 Å². The Morgan fingerprint density at radius 3 is 2.62 bits per heavy atom. The predicted molar refractivity (Wildman–Crippen MR) is 128 cm³/mol. The predicted octanol–water partition coefficient (Wildman–Crippen LogP) is 5.91. The molecular weight excluding hydrogens is 396 g/mol. The molecule has 164 valence electrons. The fourth-order valence-electron chi connectivity index (χ4n) is 5.51. The third-order valence-electron chi connectivity index (χ3n) is 7.36. The summed E-state index contributed by atoms with van der Waals surface area (Å²) in [5.41, 5.74) is 6.39. The minimum atomic E-state index is -0.870. The molecule has 0 bridgehead atoms. The van der Waals surface area contributed by atoms with Crippen LogP contribution in [0.1, 0.15) is 71.3 Å². The van der Waals surface area contributed by atoms with E-state index < -0.39 is 5.97 Å². The second kappa shape index (κ2) is 8.48. The number of likely N-dealkylation sites (tertiary alicyclic amines) is 1. The number of fused-ring (bicyclic) bond motifs is 1. The molecule has 1 aliphatic heterocycles. The van der Waals surface area contributed by atoms with Gasteiger partial charge in [-0.15, -0.1) is 5.92 Å². The van der Waals surface area contributed by atoms with Gasteiger partial charge in [-0.1, -0.05) is 18.1 Å². The summed E-state index contributed by atoms with van der Waals surface area (Å²) < 4.78 is 0. The van der Waals surface area contributed by atoms with Gasteiger partial charge in [0.05, 0.1) is 5.56 Å². The molecular formula is C28H30N2O2. The molecule has 32 heavy (non-hydrogen) atoms. The maximum atomic E-state index is 11.3. The number of aromatic carboxylic acids is 1. The summed E-state index contributed by atoms with van der Waals surface area (Å²) in [6.45, 7) is 5.94. The number of hydrogen-bond acceptors (Lipinski definition) is 2. The second-order valence-electron chi connectivity index (χ2n) is 9.40. The molecule has 2 heterocycles. The summed E-state index contributed by atoms with van der Waals surface area (Å²) in [4.78, 5) is 17.3. The molecule has 0 spiro atoms. The van der Waals surface area contributed by atoms with Gasteiger partial charge in [0.1, 0.15) is 0 Å². The molecule has 1 saturated heterocycles. The smallest absolute Gasteiger partial charge is 0.335 e. The number of H-pyrrole nitrogens is 1. The van der Waals surface area contributed by atoms with E-state index in [-0.39, 0.29) is 0 Å². The topological polar surface area (TPSA) is 56.3 Å². The molecule has 1 aromatic heterocycles. The van der Waals surface area contributed by atoms with Crippen LogP contribution in [0.2, 0.25) is 0 Å². The number of carbonyl (C=O) groups is 1. The lowest BCUT2D eigenvalue weighted by Gasteiger charge is -2.40. The maximum absolute atomic E-state index is 11.3. The van der Waals surface area contributed by atoms with E-state index in [0.717, 1.165) is 36.9 Å². The SMILES string of the molecule is CC#Cc1cc(C)c2[nH]ccc2c1CN1CC[C@H](C2CC2)C[C@H]1c1ccc(C(=O)O)cc1. The van der Waals surface area contributed by atoms with E-state index in [9.17, 15) is 9.90 Å². The number of carboxylic acid groups (broad SMARTS) is 1. The van der Waals surface area contributed by atoms with Crippen LogP contribution in [0.5, 0.6) is 0 Å². The van der Waals surface area contributed by atoms with Gasteiger partial charge in [0.2, 0.25) is 0 Å². The standard InChI is InChI=1S/C28H30N2O2/c1-3-4-23-15-18(2)27-24(11-13-29-27)25(23)17-30-14-12-22(19-5-6-19)16-26(30)20-7-9-21(10-8-20)28(31)32/h7-11,13,15,19,22,26,29H,5-6,12,14,16-17H2,1-2H3,(H,31,32)/t22-,26-/m0/s1. The molecule has 2 atom stereocenters. The zero-order valence-corrected chi connectivity index (χ0v) is 18.8. The van der Waals surface area contributed by atoms with E-state index in [0.29, 0.717) is 11.6 Å². The molecule has 2 aromatic carbocycles. The first kappa shape index (κ1) is 20.8. The van der Waals surface area contributed by atoms with Crippen molar-refractivity contribution >= 4 is 16.9 Å². The van der Waals surface area contributed by atoms with E-state index in [1.54, 1.807) is 12.1 Å². The van der Waals surface area contributed by atoms with Crippen molar-refractivity contribution in [2.45, 2.75) is 52.1 Å². The minimum Gasteiger partial charge on any atom is -0.478 e. The Morgan fingerprint density at radius 1 is 1.16 bits per heavy atom. The van der Waals surface area contributed by atoms with Crippen LogP contribution in [0.4, 0.5) is 0 Å². The van der Waals surface area contributed by atoms with Crippen molar-refractivity contribution in [2.75, 3.05) is 6.54 Å². The van der Waals surface area contributed by atoms with Crippen LogP contribution in [-0.4, -0.2) is 27.5 Å². The Hall–Kier alpha value is -3.03. The quantitative estimate of drug-likeness (QED) is 0.499. The Kier molecular flexibility index (Phi) is 5.53. The highest BCUT2D eigenvalue weighted by molar-refractivity contribution is 5.88. The van der Waals surface area contributed by atoms with E-state index in [4.69, 9.17) is 0 Å². The zero-order chi connectivity index (χ0) is 22.2. The number of nitrogens with one attached hydrogen (secondary N) is 1.